The molecular weight excluding hydrogens is 424 g/mol. The Balaban J connectivity index is 1.54. The predicted molar refractivity (Wildman–Crippen MR) is 125 cm³/mol. The molecule has 1 N–H and O–H groups in total. The van der Waals surface area contributed by atoms with Crippen LogP contribution >= 0.6 is 11.3 Å². The Morgan fingerprint density at radius 3 is 2.78 bits per heavy atom. The molecule has 0 atom stereocenters. The molecule has 9 heteroatoms. The molecule has 0 radical (unpaired) electrons. The highest BCUT2D eigenvalue weighted by molar-refractivity contribution is 7.13. The summed E-state index contributed by atoms with van der Waals surface area (Å²) >= 11 is 1.58. The van der Waals surface area contributed by atoms with Crippen molar-refractivity contribution in [3.8, 4) is 22.1 Å². The summed E-state index contributed by atoms with van der Waals surface area (Å²) in [6.07, 6.45) is 1.79. The van der Waals surface area contributed by atoms with E-state index in [1.54, 1.807) is 29.0 Å². The highest BCUT2D eigenvalue weighted by atomic mass is 32.1. The minimum atomic E-state index is -0.124. The number of ether oxygens (including phenoxy) is 1. The molecule has 0 fully saturated rings. The number of pyridine rings is 1. The van der Waals surface area contributed by atoms with Crippen molar-refractivity contribution in [3.05, 3.63) is 87.8 Å². The molecule has 0 saturated carbocycles. The third-order valence-corrected chi connectivity index (χ3v) is 5.88. The number of para-hydroxylation sites is 2. The van der Waals surface area contributed by atoms with Gasteiger partial charge < -0.3 is 10.1 Å². The Hall–Kier alpha value is -3.98. The van der Waals surface area contributed by atoms with Gasteiger partial charge in [0.05, 0.1) is 29.9 Å². The Kier molecular flexibility index (Phi) is 5.16. The normalized spacial score (nSPS) is 11.1. The van der Waals surface area contributed by atoms with Crippen LogP contribution in [-0.4, -0.2) is 31.3 Å². The van der Waals surface area contributed by atoms with Gasteiger partial charge in [0.15, 0.2) is 5.82 Å². The van der Waals surface area contributed by atoms with Gasteiger partial charge >= 0.3 is 0 Å². The van der Waals surface area contributed by atoms with Crippen LogP contribution in [0.15, 0.2) is 71.0 Å². The summed E-state index contributed by atoms with van der Waals surface area (Å²) in [6.45, 7) is 2.26. The van der Waals surface area contributed by atoms with Crippen LogP contribution in [0.1, 0.15) is 11.3 Å². The highest BCUT2D eigenvalue weighted by Gasteiger charge is 2.19. The summed E-state index contributed by atoms with van der Waals surface area (Å²) in [7, 11) is 1.63. The van der Waals surface area contributed by atoms with Crippen LogP contribution in [0.5, 0.6) is 5.75 Å². The minimum absolute atomic E-state index is 0.124. The average Bonchev–Trinajstić information content (AvgIpc) is 3.48. The van der Waals surface area contributed by atoms with E-state index in [9.17, 15) is 4.79 Å². The molecule has 0 aliphatic rings. The third-order valence-electron chi connectivity index (χ3n) is 5.02. The molecule has 0 aliphatic carbocycles. The maximum Gasteiger partial charge on any atom is 0.258 e. The number of fused-ring (bicyclic) bond motifs is 1. The van der Waals surface area contributed by atoms with Crippen LogP contribution in [0.25, 0.3) is 22.0 Å². The molecule has 4 heterocycles. The van der Waals surface area contributed by atoms with Crippen molar-refractivity contribution in [2.75, 3.05) is 12.4 Å². The summed E-state index contributed by atoms with van der Waals surface area (Å²) in [5.74, 6) is 1.93. The standard InChI is InChI=1S/C23H20N6O2S/c1-15-9-10-20-25-16(12-21(30)28(20)14-15)13-24-23-27-26-22(19-8-5-11-32-19)29(23)17-6-3-4-7-18(17)31-2/h3-12,14H,13H2,1-2H3,(H,24,27). The smallest absolute Gasteiger partial charge is 0.258 e. The summed E-state index contributed by atoms with van der Waals surface area (Å²) in [4.78, 5) is 18.1. The van der Waals surface area contributed by atoms with Crippen LogP contribution < -0.4 is 15.6 Å². The zero-order valence-corrected chi connectivity index (χ0v) is 18.3. The SMILES string of the molecule is COc1ccccc1-n1c(NCc2cc(=O)n3cc(C)ccc3n2)nnc1-c1cccs1. The second-order valence-electron chi connectivity index (χ2n) is 7.21. The minimum Gasteiger partial charge on any atom is -0.495 e. The number of benzene rings is 1. The third kappa shape index (κ3) is 3.63. The van der Waals surface area contributed by atoms with Gasteiger partial charge in [0.2, 0.25) is 5.95 Å². The molecule has 5 rings (SSSR count). The van der Waals surface area contributed by atoms with E-state index < -0.39 is 0 Å². The average molecular weight is 445 g/mol. The van der Waals surface area contributed by atoms with Crippen molar-refractivity contribution in [1.82, 2.24) is 24.1 Å². The van der Waals surface area contributed by atoms with E-state index in [2.05, 4.69) is 20.5 Å². The highest BCUT2D eigenvalue weighted by Crippen LogP contribution is 2.32. The zero-order chi connectivity index (χ0) is 22.1. The molecule has 0 aliphatic heterocycles. The first-order valence-corrected chi connectivity index (χ1v) is 10.9. The molecule has 5 aromatic rings. The maximum atomic E-state index is 12.5. The fourth-order valence-corrected chi connectivity index (χ4v) is 4.22. The topological polar surface area (TPSA) is 86.3 Å². The van der Waals surface area contributed by atoms with Gasteiger partial charge in [-0.05, 0) is 42.1 Å². The summed E-state index contributed by atoms with van der Waals surface area (Å²) < 4.78 is 9.04. The van der Waals surface area contributed by atoms with Gasteiger partial charge in [-0.1, -0.05) is 24.3 Å². The molecule has 160 valence electrons. The number of hydrogen-bond acceptors (Lipinski definition) is 7. The number of rotatable bonds is 6. The fourth-order valence-electron chi connectivity index (χ4n) is 3.53. The van der Waals surface area contributed by atoms with Crippen LogP contribution in [0, 0.1) is 6.92 Å². The Labute approximate surface area is 187 Å². The van der Waals surface area contributed by atoms with Crippen molar-refractivity contribution in [2.24, 2.45) is 0 Å². The van der Waals surface area contributed by atoms with Gasteiger partial charge in [0.25, 0.3) is 5.56 Å². The van der Waals surface area contributed by atoms with Crippen molar-refractivity contribution in [1.29, 1.82) is 0 Å². The van der Waals surface area contributed by atoms with E-state index in [0.717, 1.165) is 16.1 Å². The van der Waals surface area contributed by atoms with Gasteiger partial charge in [-0.3, -0.25) is 13.8 Å². The number of nitrogens with zero attached hydrogens (tertiary/aromatic N) is 5. The van der Waals surface area contributed by atoms with Gasteiger partial charge in [0.1, 0.15) is 11.4 Å². The van der Waals surface area contributed by atoms with Gasteiger partial charge in [-0.2, -0.15) is 0 Å². The molecule has 32 heavy (non-hydrogen) atoms. The largest absolute Gasteiger partial charge is 0.495 e. The number of anilines is 1. The molecule has 0 bridgehead atoms. The molecule has 1 aromatic carbocycles. The lowest BCUT2D eigenvalue weighted by Crippen LogP contribution is -2.17. The molecular formula is C23H20N6O2S. The van der Waals surface area contributed by atoms with E-state index in [0.29, 0.717) is 35.4 Å². The predicted octanol–water partition coefficient (Wildman–Crippen LogP) is 3.93. The van der Waals surface area contributed by atoms with E-state index in [1.165, 1.54) is 6.07 Å². The van der Waals surface area contributed by atoms with Gasteiger partial charge in [-0.25, -0.2) is 4.98 Å². The Morgan fingerprint density at radius 1 is 1.09 bits per heavy atom. The fraction of sp³-hybridized carbons (Fsp3) is 0.130. The number of aryl methyl sites for hydroxylation is 1. The van der Waals surface area contributed by atoms with E-state index in [4.69, 9.17) is 4.74 Å². The monoisotopic (exact) mass is 444 g/mol. The number of aromatic nitrogens is 5. The van der Waals surface area contributed by atoms with E-state index in [1.807, 2.05) is 65.4 Å². The Bertz CT molecular complexity index is 1460. The van der Waals surface area contributed by atoms with Crippen LogP contribution in [0.3, 0.4) is 0 Å². The molecule has 4 aromatic heterocycles. The number of nitrogens with one attached hydrogen (secondary N) is 1. The quantitative estimate of drug-likeness (QED) is 0.427. The number of methoxy groups -OCH3 is 1. The van der Waals surface area contributed by atoms with Crippen LogP contribution in [-0.2, 0) is 6.54 Å². The summed E-state index contributed by atoms with van der Waals surface area (Å²) in [5, 5.41) is 14.1. The first-order chi connectivity index (χ1) is 15.6. The molecule has 0 spiro atoms. The molecule has 0 saturated heterocycles. The Morgan fingerprint density at radius 2 is 1.97 bits per heavy atom. The first kappa shape index (κ1) is 20.0. The van der Waals surface area contributed by atoms with Crippen molar-refractivity contribution in [3.63, 3.8) is 0 Å². The van der Waals surface area contributed by atoms with E-state index >= 15 is 0 Å². The lowest BCUT2D eigenvalue weighted by molar-refractivity contribution is 0.413. The summed E-state index contributed by atoms with van der Waals surface area (Å²) in [6, 6.07) is 17.0. The first-order valence-electron chi connectivity index (χ1n) is 9.99. The van der Waals surface area contributed by atoms with Crippen LogP contribution in [0.2, 0.25) is 0 Å². The van der Waals surface area contributed by atoms with Gasteiger partial charge in [-0.15, -0.1) is 21.5 Å². The number of hydrogen-bond donors (Lipinski definition) is 1. The molecule has 8 nitrogen and oxygen atoms in total. The second-order valence-corrected chi connectivity index (χ2v) is 8.15. The molecule has 0 unspecified atom stereocenters. The summed E-state index contributed by atoms with van der Waals surface area (Å²) in [5.41, 5.74) is 2.91. The second kappa shape index (κ2) is 8.27. The van der Waals surface area contributed by atoms with E-state index in [-0.39, 0.29) is 5.56 Å². The lowest BCUT2D eigenvalue weighted by atomic mass is 10.2. The lowest BCUT2D eigenvalue weighted by Gasteiger charge is -2.14. The van der Waals surface area contributed by atoms with Crippen molar-refractivity contribution < 1.29 is 4.74 Å². The van der Waals surface area contributed by atoms with Crippen molar-refractivity contribution >= 4 is 22.9 Å². The van der Waals surface area contributed by atoms with Crippen molar-refractivity contribution in [2.45, 2.75) is 13.5 Å². The van der Waals surface area contributed by atoms with Crippen LogP contribution in [0.4, 0.5) is 5.95 Å². The van der Waals surface area contributed by atoms with Gasteiger partial charge in [0, 0.05) is 12.3 Å². The number of thiophene rings is 1. The maximum absolute atomic E-state index is 12.5. The zero-order valence-electron chi connectivity index (χ0n) is 17.5. The molecule has 0 amide bonds.